The summed E-state index contributed by atoms with van der Waals surface area (Å²) in [5, 5.41) is 3.37. The first kappa shape index (κ1) is 14.2. The van der Waals surface area contributed by atoms with Crippen LogP contribution >= 0.6 is 12.2 Å². The predicted molar refractivity (Wildman–Crippen MR) is 77.0 cm³/mol. The van der Waals surface area contributed by atoms with E-state index in [0.29, 0.717) is 16.4 Å². The van der Waals surface area contributed by atoms with Crippen LogP contribution in [0.4, 0.5) is 5.69 Å². The lowest BCUT2D eigenvalue weighted by Gasteiger charge is -2.11. The standard InChI is InChI=1S/C12H18N4OS/c1-2-3-8-14-12(18)16-15-11(17)9-6-4-5-7-10(9)13/h4-7H,2-3,8,13H2,1H3,(H,15,17)(H2,14,16,18). The third-order valence-corrected chi connectivity index (χ3v) is 2.56. The van der Waals surface area contributed by atoms with E-state index in [4.69, 9.17) is 18.0 Å². The lowest BCUT2D eigenvalue weighted by molar-refractivity contribution is 0.0944. The number of hydrazine groups is 1. The van der Waals surface area contributed by atoms with Crippen LogP contribution in [0.25, 0.3) is 0 Å². The zero-order valence-electron chi connectivity index (χ0n) is 10.3. The average molecular weight is 266 g/mol. The molecule has 0 spiro atoms. The van der Waals surface area contributed by atoms with Crippen molar-refractivity contribution in [3.8, 4) is 0 Å². The van der Waals surface area contributed by atoms with E-state index < -0.39 is 0 Å². The zero-order valence-corrected chi connectivity index (χ0v) is 11.1. The van der Waals surface area contributed by atoms with Crippen LogP contribution in [0.5, 0.6) is 0 Å². The van der Waals surface area contributed by atoms with Crippen LogP contribution in [0.15, 0.2) is 24.3 Å². The van der Waals surface area contributed by atoms with Gasteiger partial charge in [0, 0.05) is 12.2 Å². The number of nitrogens with two attached hydrogens (primary N) is 1. The number of carbonyl (C=O) groups is 1. The fourth-order valence-electron chi connectivity index (χ4n) is 1.31. The summed E-state index contributed by atoms with van der Waals surface area (Å²) < 4.78 is 0. The molecule has 6 heteroatoms. The van der Waals surface area contributed by atoms with E-state index in [-0.39, 0.29) is 5.91 Å². The largest absolute Gasteiger partial charge is 0.398 e. The number of carbonyl (C=O) groups excluding carboxylic acids is 1. The topological polar surface area (TPSA) is 79.2 Å². The Morgan fingerprint density at radius 2 is 2.06 bits per heavy atom. The van der Waals surface area contributed by atoms with Gasteiger partial charge in [0.15, 0.2) is 5.11 Å². The van der Waals surface area contributed by atoms with Crippen molar-refractivity contribution in [1.29, 1.82) is 0 Å². The number of hydrogen-bond donors (Lipinski definition) is 4. The normalized spacial score (nSPS) is 9.61. The van der Waals surface area contributed by atoms with Crippen molar-refractivity contribution in [3.05, 3.63) is 29.8 Å². The van der Waals surface area contributed by atoms with Gasteiger partial charge in [0.1, 0.15) is 0 Å². The van der Waals surface area contributed by atoms with Crippen LogP contribution in [0.3, 0.4) is 0 Å². The van der Waals surface area contributed by atoms with Crippen LogP contribution in [0.2, 0.25) is 0 Å². The first-order valence-corrected chi connectivity index (χ1v) is 6.24. The fourth-order valence-corrected chi connectivity index (χ4v) is 1.46. The molecule has 1 rings (SSSR count). The van der Waals surface area contributed by atoms with E-state index in [1.807, 2.05) is 0 Å². The molecule has 0 radical (unpaired) electrons. The zero-order chi connectivity index (χ0) is 13.4. The maximum Gasteiger partial charge on any atom is 0.271 e. The number of para-hydroxylation sites is 1. The molecule has 0 aliphatic carbocycles. The van der Waals surface area contributed by atoms with Crippen molar-refractivity contribution in [2.45, 2.75) is 19.8 Å². The predicted octanol–water partition coefficient (Wildman–Crippen LogP) is 1.18. The molecule has 5 N–H and O–H groups in total. The van der Waals surface area contributed by atoms with E-state index in [1.165, 1.54) is 0 Å². The molecule has 5 nitrogen and oxygen atoms in total. The number of thiocarbonyl (C=S) groups is 1. The number of nitrogen functional groups attached to an aromatic ring is 1. The molecule has 0 aliphatic rings. The minimum absolute atomic E-state index is 0.312. The Bertz CT molecular complexity index is 422. The number of unbranched alkanes of at least 4 members (excludes halogenated alkanes) is 1. The van der Waals surface area contributed by atoms with Crippen molar-refractivity contribution < 1.29 is 4.79 Å². The van der Waals surface area contributed by atoms with E-state index in [9.17, 15) is 4.79 Å². The summed E-state index contributed by atoms with van der Waals surface area (Å²) in [7, 11) is 0. The Labute approximate surface area is 112 Å². The number of amides is 1. The number of rotatable bonds is 4. The van der Waals surface area contributed by atoms with Crippen LogP contribution in [0, 0.1) is 0 Å². The van der Waals surface area contributed by atoms with Crippen molar-refractivity contribution in [3.63, 3.8) is 0 Å². The summed E-state index contributed by atoms with van der Waals surface area (Å²) in [5.74, 6) is -0.312. The quantitative estimate of drug-likeness (QED) is 0.285. The van der Waals surface area contributed by atoms with Gasteiger partial charge in [-0.1, -0.05) is 25.5 Å². The molecule has 0 saturated carbocycles. The molecular formula is C12H18N4OS. The summed E-state index contributed by atoms with van der Waals surface area (Å²) in [6, 6.07) is 6.85. The van der Waals surface area contributed by atoms with Crippen LogP contribution in [0.1, 0.15) is 30.1 Å². The second kappa shape index (κ2) is 7.50. The monoisotopic (exact) mass is 266 g/mol. The van der Waals surface area contributed by atoms with E-state index in [2.05, 4.69) is 23.1 Å². The second-order valence-corrected chi connectivity index (χ2v) is 4.18. The average Bonchev–Trinajstić information content (AvgIpc) is 2.37. The van der Waals surface area contributed by atoms with Crippen molar-refractivity contribution >= 4 is 28.9 Å². The molecule has 18 heavy (non-hydrogen) atoms. The highest BCUT2D eigenvalue weighted by atomic mass is 32.1. The molecule has 0 unspecified atom stereocenters. The molecule has 1 aromatic rings. The van der Waals surface area contributed by atoms with Gasteiger partial charge < -0.3 is 11.1 Å². The number of benzene rings is 1. The third kappa shape index (κ3) is 4.58. The van der Waals surface area contributed by atoms with Gasteiger partial charge in [0.05, 0.1) is 5.56 Å². The molecular weight excluding hydrogens is 248 g/mol. The summed E-state index contributed by atoms with van der Waals surface area (Å²) in [6.07, 6.45) is 2.12. The van der Waals surface area contributed by atoms with Crippen LogP contribution in [-0.4, -0.2) is 17.6 Å². The molecule has 1 amide bonds. The Kier molecular flexibility index (Phi) is 5.93. The van der Waals surface area contributed by atoms with Gasteiger partial charge in [-0.25, -0.2) is 0 Å². The van der Waals surface area contributed by atoms with Gasteiger partial charge in [-0.2, -0.15) is 0 Å². The van der Waals surface area contributed by atoms with Crippen LogP contribution < -0.4 is 21.9 Å². The highest BCUT2D eigenvalue weighted by molar-refractivity contribution is 7.80. The van der Waals surface area contributed by atoms with Crippen LogP contribution in [-0.2, 0) is 0 Å². The summed E-state index contributed by atoms with van der Waals surface area (Å²) in [4.78, 5) is 11.8. The van der Waals surface area contributed by atoms with E-state index in [1.54, 1.807) is 24.3 Å². The van der Waals surface area contributed by atoms with Gasteiger partial charge in [0.25, 0.3) is 5.91 Å². The van der Waals surface area contributed by atoms with Gasteiger partial charge in [0.2, 0.25) is 0 Å². The smallest absolute Gasteiger partial charge is 0.271 e. The van der Waals surface area contributed by atoms with Gasteiger partial charge in [-0.15, -0.1) is 0 Å². The summed E-state index contributed by atoms with van der Waals surface area (Å²) in [5.41, 5.74) is 11.7. The third-order valence-electron chi connectivity index (χ3n) is 2.31. The Morgan fingerprint density at radius 1 is 1.33 bits per heavy atom. The summed E-state index contributed by atoms with van der Waals surface area (Å²) >= 11 is 5.00. The first-order valence-electron chi connectivity index (χ1n) is 5.83. The first-order chi connectivity index (χ1) is 8.65. The molecule has 98 valence electrons. The fraction of sp³-hybridized carbons (Fsp3) is 0.333. The van der Waals surface area contributed by atoms with Crippen molar-refractivity contribution in [1.82, 2.24) is 16.2 Å². The highest BCUT2D eigenvalue weighted by Gasteiger charge is 2.08. The molecule has 0 aliphatic heterocycles. The lowest BCUT2D eigenvalue weighted by Crippen LogP contribution is -2.47. The maximum atomic E-state index is 11.8. The van der Waals surface area contributed by atoms with Crippen molar-refractivity contribution in [2.75, 3.05) is 12.3 Å². The molecule has 0 bridgehead atoms. The molecule has 0 heterocycles. The van der Waals surface area contributed by atoms with Gasteiger partial charge >= 0.3 is 0 Å². The van der Waals surface area contributed by atoms with E-state index >= 15 is 0 Å². The molecule has 1 aromatic carbocycles. The lowest BCUT2D eigenvalue weighted by atomic mass is 10.2. The number of anilines is 1. The molecule has 0 atom stereocenters. The highest BCUT2D eigenvalue weighted by Crippen LogP contribution is 2.09. The Hall–Kier alpha value is -1.82. The summed E-state index contributed by atoms with van der Waals surface area (Å²) in [6.45, 7) is 2.88. The molecule has 0 aromatic heterocycles. The SMILES string of the molecule is CCCCNC(=S)NNC(=O)c1ccccc1N. The Morgan fingerprint density at radius 3 is 2.72 bits per heavy atom. The maximum absolute atomic E-state index is 11.8. The molecule has 0 saturated heterocycles. The number of hydrogen-bond acceptors (Lipinski definition) is 3. The number of nitrogens with one attached hydrogen (secondary N) is 3. The minimum Gasteiger partial charge on any atom is -0.398 e. The van der Waals surface area contributed by atoms with Gasteiger partial charge in [-0.05, 0) is 30.8 Å². The van der Waals surface area contributed by atoms with Gasteiger partial charge in [-0.3, -0.25) is 15.6 Å². The second-order valence-electron chi connectivity index (χ2n) is 3.78. The van der Waals surface area contributed by atoms with Crippen molar-refractivity contribution in [2.24, 2.45) is 0 Å². The molecule has 0 fully saturated rings. The van der Waals surface area contributed by atoms with E-state index in [0.717, 1.165) is 19.4 Å². The minimum atomic E-state index is -0.312. The Balaban J connectivity index is 2.38.